The summed E-state index contributed by atoms with van der Waals surface area (Å²) in [5.41, 5.74) is 12.0. The molecule has 0 aromatic heterocycles. The smallest absolute Gasteiger partial charge is 0.326 e. The molecule has 13 nitrogen and oxygen atoms in total. The van der Waals surface area contributed by atoms with E-state index in [4.69, 9.17) is 16.6 Å². The predicted molar refractivity (Wildman–Crippen MR) is 142 cm³/mol. The first-order chi connectivity index (χ1) is 18.3. The van der Waals surface area contributed by atoms with Crippen molar-refractivity contribution in [3.63, 3.8) is 0 Å². The van der Waals surface area contributed by atoms with Crippen molar-refractivity contribution in [2.24, 2.45) is 17.4 Å². The van der Waals surface area contributed by atoms with Crippen molar-refractivity contribution in [3.8, 4) is 5.75 Å². The molecule has 0 spiro atoms. The molecule has 0 heterocycles. The van der Waals surface area contributed by atoms with Gasteiger partial charge in [0.2, 0.25) is 17.7 Å². The van der Waals surface area contributed by atoms with Crippen LogP contribution in [0.5, 0.6) is 5.75 Å². The minimum absolute atomic E-state index is 0.00652. The van der Waals surface area contributed by atoms with Gasteiger partial charge in [-0.05, 0) is 62.3 Å². The van der Waals surface area contributed by atoms with E-state index in [1.54, 1.807) is 0 Å². The highest BCUT2D eigenvalue weighted by molar-refractivity contribution is 5.94. The Labute approximate surface area is 227 Å². The number of carboxylic acids is 2. The lowest BCUT2D eigenvalue weighted by Crippen LogP contribution is -2.57. The van der Waals surface area contributed by atoms with Crippen LogP contribution in [-0.4, -0.2) is 75.7 Å². The third kappa shape index (κ3) is 13.1. The first-order valence-corrected chi connectivity index (χ1v) is 12.9. The van der Waals surface area contributed by atoms with Crippen molar-refractivity contribution < 1.29 is 39.3 Å². The second-order valence-electron chi connectivity index (χ2n) is 9.85. The van der Waals surface area contributed by atoms with Crippen molar-refractivity contribution in [2.45, 2.75) is 83.0 Å². The number of aliphatic carboxylic acids is 2. The van der Waals surface area contributed by atoms with Gasteiger partial charge in [-0.1, -0.05) is 26.0 Å². The SMILES string of the molecule is CC(C)CC(N)C(=O)NC(CCC(=O)O)C(=O)NC(CCCCN)C(=O)NC(Cc1ccc(O)cc1)C(=O)O. The molecular weight excluding hydrogens is 510 g/mol. The average molecular weight is 552 g/mol. The Morgan fingerprint density at radius 2 is 1.36 bits per heavy atom. The minimum Gasteiger partial charge on any atom is -0.508 e. The van der Waals surface area contributed by atoms with Crippen molar-refractivity contribution in [3.05, 3.63) is 29.8 Å². The van der Waals surface area contributed by atoms with Gasteiger partial charge in [0.05, 0.1) is 6.04 Å². The molecule has 0 bridgehead atoms. The standard InChI is InChI=1S/C26H41N5O8/c1-15(2)13-18(28)23(35)29-20(10-11-22(33)34)25(37)30-19(5-3-4-12-27)24(36)31-21(26(38)39)14-16-6-8-17(32)9-7-16/h6-9,15,18-21,32H,3-5,10-14,27-28H2,1-2H3,(H,29,35)(H,30,37)(H,31,36)(H,33,34)(H,38,39). The van der Waals surface area contributed by atoms with Gasteiger partial charge in [0.25, 0.3) is 0 Å². The topological polar surface area (TPSA) is 234 Å². The van der Waals surface area contributed by atoms with E-state index in [0.29, 0.717) is 31.4 Å². The number of benzene rings is 1. The number of carbonyl (C=O) groups is 5. The summed E-state index contributed by atoms with van der Waals surface area (Å²) in [7, 11) is 0. The number of unbranched alkanes of at least 4 members (excludes halogenated alkanes) is 1. The maximum absolute atomic E-state index is 13.1. The van der Waals surface area contributed by atoms with E-state index < -0.39 is 60.2 Å². The zero-order chi connectivity index (χ0) is 29.5. The van der Waals surface area contributed by atoms with Crippen LogP contribution in [0, 0.1) is 5.92 Å². The van der Waals surface area contributed by atoms with Crippen molar-refractivity contribution in [1.29, 1.82) is 0 Å². The molecule has 4 unspecified atom stereocenters. The number of carboxylic acid groups (broad SMARTS) is 2. The summed E-state index contributed by atoms with van der Waals surface area (Å²) in [5.74, 6) is -4.54. The quantitative estimate of drug-likeness (QED) is 0.112. The van der Waals surface area contributed by atoms with Gasteiger partial charge in [0.15, 0.2) is 0 Å². The molecule has 1 rings (SSSR count). The van der Waals surface area contributed by atoms with Gasteiger partial charge in [-0.15, -0.1) is 0 Å². The van der Waals surface area contributed by atoms with Crippen LogP contribution < -0.4 is 27.4 Å². The fraction of sp³-hybridized carbons (Fsp3) is 0.577. The Bertz CT molecular complexity index is 970. The van der Waals surface area contributed by atoms with E-state index in [-0.39, 0.29) is 30.9 Å². The van der Waals surface area contributed by atoms with Gasteiger partial charge < -0.3 is 42.7 Å². The molecule has 39 heavy (non-hydrogen) atoms. The molecule has 1 aromatic carbocycles. The molecule has 0 radical (unpaired) electrons. The Kier molecular flexibility index (Phi) is 14.5. The number of nitrogens with one attached hydrogen (secondary N) is 3. The molecule has 0 aliphatic heterocycles. The maximum atomic E-state index is 13.1. The van der Waals surface area contributed by atoms with Gasteiger partial charge in [-0.2, -0.15) is 0 Å². The zero-order valence-corrected chi connectivity index (χ0v) is 22.4. The van der Waals surface area contributed by atoms with Crippen LogP contribution in [0.15, 0.2) is 24.3 Å². The fourth-order valence-corrected chi connectivity index (χ4v) is 3.80. The van der Waals surface area contributed by atoms with Crippen molar-refractivity contribution in [1.82, 2.24) is 16.0 Å². The highest BCUT2D eigenvalue weighted by Gasteiger charge is 2.30. The van der Waals surface area contributed by atoms with Crippen LogP contribution in [0.2, 0.25) is 0 Å². The van der Waals surface area contributed by atoms with Crippen LogP contribution in [-0.2, 0) is 30.4 Å². The molecule has 13 heteroatoms. The molecule has 0 fully saturated rings. The number of hydrogen-bond donors (Lipinski definition) is 8. The van der Waals surface area contributed by atoms with E-state index in [1.807, 2.05) is 13.8 Å². The molecule has 0 aliphatic carbocycles. The second kappa shape index (κ2) is 17.0. The Hall–Kier alpha value is -3.71. The second-order valence-corrected chi connectivity index (χ2v) is 9.85. The number of phenols is 1. The number of rotatable bonds is 18. The van der Waals surface area contributed by atoms with Crippen LogP contribution in [0.25, 0.3) is 0 Å². The molecule has 0 aliphatic rings. The van der Waals surface area contributed by atoms with Gasteiger partial charge in [-0.3, -0.25) is 19.2 Å². The van der Waals surface area contributed by atoms with Crippen molar-refractivity contribution in [2.75, 3.05) is 6.54 Å². The molecule has 1 aromatic rings. The number of phenolic OH excluding ortho intramolecular Hbond substituents is 1. The third-order valence-corrected chi connectivity index (χ3v) is 5.91. The Morgan fingerprint density at radius 3 is 1.87 bits per heavy atom. The maximum Gasteiger partial charge on any atom is 0.326 e. The molecule has 218 valence electrons. The number of hydrogen-bond acceptors (Lipinski definition) is 8. The van der Waals surface area contributed by atoms with E-state index >= 15 is 0 Å². The zero-order valence-electron chi connectivity index (χ0n) is 22.4. The minimum atomic E-state index is -1.33. The first kappa shape index (κ1) is 33.3. The fourth-order valence-electron chi connectivity index (χ4n) is 3.80. The Morgan fingerprint density at radius 1 is 0.821 bits per heavy atom. The summed E-state index contributed by atoms with van der Waals surface area (Å²) in [6.07, 6.45) is 0.727. The molecule has 3 amide bonds. The van der Waals surface area contributed by atoms with Crippen LogP contribution in [0.4, 0.5) is 0 Å². The summed E-state index contributed by atoms with van der Waals surface area (Å²) < 4.78 is 0. The van der Waals surface area contributed by atoms with Crippen LogP contribution >= 0.6 is 0 Å². The largest absolute Gasteiger partial charge is 0.508 e. The predicted octanol–water partition coefficient (Wildman–Crippen LogP) is -0.159. The van der Waals surface area contributed by atoms with E-state index in [1.165, 1.54) is 24.3 Å². The number of nitrogens with two attached hydrogens (primary N) is 2. The van der Waals surface area contributed by atoms with E-state index in [0.717, 1.165) is 0 Å². The monoisotopic (exact) mass is 551 g/mol. The molecular formula is C26H41N5O8. The lowest BCUT2D eigenvalue weighted by molar-refractivity contribution is -0.142. The van der Waals surface area contributed by atoms with Crippen LogP contribution in [0.1, 0.15) is 57.9 Å². The lowest BCUT2D eigenvalue weighted by Gasteiger charge is -2.25. The molecule has 0 saturated heterocycles. The average Bonchev–Trinajstić information content (AvgIpc) is 2.85. The molecule has 10 N–H and O–H groups in total. The number of amides is 3. The molecule has 0 saturated carbocycles. The van der Waals surface area contributed by atoms with Gasteiger partial charge in [0, 0.05) is 12.8 Å². The highest BCUT2D eigenvalue weighted by atomic mass is 16.4. The third-order valence-electron chi connectivity index (χ3n) is 5.91. The van der Waals surface area contributed by atoms with Crippen LogP contribution in [0.3, 0.4) is 0 Å². The number of aromatic hydroxyl groups is 1. The Balaban J connectivity index is 3.05. The summed E-state index contributed by atoms with van der Waals surface area (Å²) in [6, 6.07) is 1.16. The normalized spacial score (nSPS) is 14.1. The van der Waals surface area contributed by atoms with Crippen molar-refractivity contribution >= 4 is 29.7 Å². The summed E-state index contributed by atoms with van der Waals surface area (Å²) in [6.45, 7) is 4.09. The van der Waals surface area contributed by atoms with E-state index in [2.05, 4.69) is 16.0 Å². The number of carbonyl (C=O) groups excluding carboxylic acids is 3. The summed E-state index contributed by atoms with van der Waals surface area (Å²) in [4.78, 5) is 61.8. The van der Waals surface area contributed by atoms with E-state index in [9.17, 15) is 34.2 Å². The summed E-state index contributed by atoms with van der Waals surface area (Å²) >= 11 is 0. The molecule has 4 atom stereocenters. The van der Waals surface area contributed by atoms with Gasteiger partial charge >= 0.3 is 11.9 Å². The van der Waals surface area contributed by atoms with Gasteiger partial charge in [-0.25, -0.2) is 4.79 Å². The highest BCUT2D eigenvalue weighted by Crippen LogP contribution is 2.12. The first-order valence-electron chi connectivity index (χ1n) is 12.9. The summed E-state index contributed by atoms with van der Waals surface area (Å²) in [5, 5.41) is 35.6. The lowest BCUT2D eigenvalue weighted by atomic mass is 10.0. The van der Waals surface area contributed by atoms with Gasteiger partial charge in [0.1, 0.15) is 23.9 Å².